The number of benzene rings is 2. The van der Waals surface area contributed by atoms with Crippen LogP contribution in [-0.2, 0) is 6.54 Å². The van der Waals surface area contributed by atoms with Crippen molar-refractivity contribution in [3.63, 3.8) is 0 Å². The van der Waals surface area contributed by atoms with Crippen LogP contribution in [0, 0.1) is 0 Å². The monoisotopic (exact) mass is 359 g/mol. The summed E-state index contributed by atoms with van der Waals surface area (Å²) in [6.07, 6.45) is -1.19. The molecule has 0 radical (unpaired) electrons. The van der Waals surface area contributed by atoms with Crippen molar-refractivity contribution in [3.05, 3.63) is 60.4 Å². The Labute approximate surface area is 145 Å². The number of fused-ring (bicyclic) bond motifs is 1. The molecule has 2 aromatic heterocycles. The van der Waals surface area contributed by atoms with Crippen molar-refractivity contribution in [1.29, 1.82) is 0 Å². The zero-order valence-electron chi connectivity index (χ0n) is 13.2. The summed E-state index contributed by atoms with van der Waals surface area (Å²) in [5.41, 5.74) is 3.26. The zero-order chi connectivity index (χ0) is 18.1. The van der Waals surface area contributed by atoms with Crippen LogP contribution in [0.5, 0.6) is 5.75 Å². The lowest BCUT2D eigenvalue weighted by Gasteiger charge is -2.09. The Kier molecular flexibility index (Phi) is 3.83. The molecule has 0 aliphatic rings. The normalized spacial score (nSPS) is 11.8. The molecule has 0 fully saturated rings. The van der Waals surface area contributed by atoms with Gasteiger partial charge in [-0.25, -0.2) is 4.68 Å². The molecule has 1 N–H and O–H groups in total. The molecule has 6 nitrogen and oxygen atoms in total. The minimum Gasteiger partial charge on any atom is -0.406 e. The van der Waals surface area contributed by atoms with Gasteiger partial charge in [-0.15, -0.1) is 18.3 Å². The van der Waals surface area contributed by atoms with Crippen molar-refractivity contribution in [2.24, 2.45) is 0 Å². The fraction of sp³-hybridized carbons (Fsp3) is 0.118. The molecule has 2 aromatic carbocycles. The largest absolute Gasteiger partial charge is 0.573 e. The van der Waals surface area contributed by atoms with Gasteiger partial charge >= 0.3 is 6.36 Å². The number of halogens is 3. The number of aromatic amines is 1. The van der Waals surface area contributed by atoms with E-state index in [0.717, 1.165) is 22.0 Å². The van der Waals surface area contributed by atoms with E-state index in [9.17, 15) is 13.2 Å². The van der Waals surface area contributed by atoms with E-state index in [1.54, 1.807) is 29.2 Å². The second-order valence-corrected chi connectivity index (χ2v) is 5.63. The standard InChI is InChI=1S/C17H12F3N5O/c18-17(19,20)26-12-6-4-11(5-7-12)9-25-10-16(23-24-25)13-2-1-3-15-14(13)8-21-22-15/h1-8,10H,9H2,(H,21,22). The summed E-state index contributed by atoms with van der Waals surface area (Å²) in [4.78, 5) is 0. The number of nitrogens with one attached hydrogen (secondary N) is 1. The van der Waals surface area contributed by atoms with Crippen LogP contribution < -0.4 is 4.74 Å². The maximum atomic E-state index is 12.2. The van der Waals surface area contributed by atoms with E-state index in [2.05, 4.69) is 25.2 Å². The number of rotatable bonds is 4. The van der Waals surface area contributed by atoms with Crippen LogP contribution in [0.2, 0.25) is 0 Å². The van der Waals surface area contributed by atoms with Gasteiger partial charge in [0.25, 0.3) is 0 Å². The fourth-order valence-corrected chi connectivity index (χ4v) is 2.67. The minimum atomic E-state index is -4.70. The SMILES string of the molecule is FC(F)(F)Oc1ccc(Cn2cc(-c3cccc4[nH]ncc34)nn2)cc1. The number of nitrogens with zero attached hydrogens (tertiary/aromatic N) is 4. The molecular weight excluding hydrogens is 347 g/mol. The summed E-state index contributed by atoms with van der Waals surface area (Å²) in [7, 11) is 0. The minimum absolute atomic E-state index is 0.257. The first-order valence-electron chi connectivity index (χ1n) is 7.65. The van der Waals surface area contributed by atoms with Crippen LogP contribution in [0.15, 0.2) is 54.9 Å². The van der Waals surface area contributed by atoms with E-state index >= 15 is 0 Å². The molecule has 0 saturated heterocycles. The second-order valence-electron chi connectivity index (χ2n) is 5.63. The van der Waals surface area contributed by atoms with Gasteiger partial charge in [0.05, 0.1) is 24.5 Å². The predicted molar refractivity (Wildman–Crippen MR) is 87.3 cm³/mol. The molecule has 0 aliphatic carbocycles. The van der Waals surface area contributed by atoms with E-state index < -0.39 is 6.36 Å². The fourth-order valence-electron chi connectivity index (χ4n) is 2.67. The Bertz CT molecular complexity index is 1040. The Balaban J connectivity index is 1.53. The summed E-state index contributed by atoms with van der Waals surface area (Å²) in [5, 5.41) is 16.1. The predicted octanol–water partition coefficient (Wildman–Crippen LogP) is 3.77. The van der Waals surface area contributed by atoms with Crippen molar-refractivity contribution in [3.8, 4) is 17.0 Å². The van der Waals surface area contributed by atoms with Crippen molar-refractivity contribution < 1.29 is 17.9 Å². The molecule has 0 amide bonds. The Morgan fingerprint density at radius 2 is 1.88 bits per heavy atom. The van der Waals surface area contributed by atoms with Crippen molar-refractivity contribution in [2.45, 2.75) is 12.9 Å². The molecular formula is C17H12F3N5O. The summed E-state index contributed by atoms with van der Waals surface area (Å²) in [6, 6.07) is 11.4. The van der Waals surface area contributed by atoms with Gasteiger partial charge < -0.3 is 4.74 Å². The quantitative estimate of drug-likeness (QED) is 0.602. The summed E-state index contributed by atoms with van der Waals surface area (Å²) in [6.45, 7) is 0.376. The maximum Gasteiger partial charge on any atom is 0.573 e. The summed E-state index contributed by atoms with van der Waals surface area (Å²) < 4.78 is 42.0. The van der Waals surface area contributed by atoms with E-state index in [1.807, 2.05) is 18.2 Å². The highest BCUT2D eigenvalue weighted by Gasteiger charge is 2.30. The van der Waals surface area contributed by atoms with Crippen LogP contribution in [0.1, 0.15) is 5.56 Å². The van der Waals surface area contributed by atoms with Crippen LogP contribution in [0.25, 0.3) is 22.2 Å². The molecule has 0 spiro atoms. The van der Waals surface area contributed by atoms with Crippen molar-refractivity contribution in [1.82, 2.24) is 25.2 Å². The Hall–Kier alpha value is -3.36. The molecule has 0 saturated carbocycles. The Morgan fingerprint density at radius 3 is 2.65 bits per heavy atom. The van der Waals surface area contributed by atoms with Gasteiger partial charge in [-0.3, -0.25) is 5.10 Å². The van der Waals surface area contributed by atoms with E-state index in [0.29, 0.717) is 12.2 Å². The number of hydrogen-bond donors (Lipinski definition) is 1. The lowest BCUT2D eigenvalue weighted by atomic mass is 10.1. The average Bonchev–Trinajstić information content (AvgIpc) is 3.24. The van der Waals surface area contributed by atoms with Gasteiger partial charge in [0.2, 0.25) is 0 Å². The summed E-state index contributed by atoms with van der Waals surface area (Å²) in [5.74, 6) is -0.257. The van der Waals surface area contributed by atoms with Gasteiger partial charge in [-0.05, 0) is 23.8 Å². The number of ether oxygens (including phenoxy) is 1. The lowest BCUT2D eigenvalue weighted by molar-refractivity contribution is -0.274. The second kappa shape index (κ2) is 6.17. The highest BCUT2D eigenvalue weighted by atomic mass is 19.4. The van der Waals surface area contributed by atoms with Gasteiger partial charge in [0.15, 0.2) is 0 Å². The highest BCUT2D eigenvalue weighted by Crippen LogP contribution is 2.26. The van der Waals surface area contributed by atoms with Gasteiger partial charge in [-0.1, -0.05) is 29.5 Å². The first kappa shape index (κ1) is 16.1. The van der Waals surface area contributed by atoms with Crippen molar-refractivity contribution >= 4 is 10.9 Å². The Morgan fingerprint density at radius 1 is 1.08 bits per heavy atom. The number of aromatic nitrogens is 5. The van der Waals surface area contributed by atoms with E-state index in [-0.39, 0.29) is 5.75 Å². The van der Waals surface area contributed by atoms with Crippen LogP contribution in [-0.4, -0.2) is 31.6 Å². The van der Waals surface area contributed by atoms with Gasteiger partial charge in [0, 0.05) is 10.9 Å². The molecule has 0 unspecified atom stereocenters. The molecule has 4 rings (SSSR count). The zero-order valence-corrected chi connectivity index (χ0v) is 13.2. The third-order valence-corrected chi connectivity index (χ3v) is 3.80. The third kappa shape index (κ3) is 3.37. The number of hydrogen-bond acceptors (Lipinski definition) is 4. The van der Waals surface area contributed by atoms with Crippen LogP contribution in [0.3, 0.4) is 0 Å². The van der Waals surface area contributed by atoms with Gasteiger partial charge in [0.1, 0.15) is 11.4 Å². The van der Waals surface area contributed by atoms with Crippen LogP contribution >= 0.6 is 0 Å². The molecule has 9 heteroatoms. The van der Waals surface area contributed by atoms with E-state index in [1.165, 1.54) is 12.1 Å². The maximum absolute atomic E-state index is 12.2. The van der Waals surface area contributed by atoms with Crippen molar-refractivity contribution in [2.75, 3.05) is 0 Å². The third-order valence-electron chi connectivity index (χ3n) is 3.80. The van der Waals surface area contributed by atoms with E-state index in [4.69, 9.17) is 0 Å². The smallest absolute Gasteiger partial charge is 0.406 e. The molecule has 132 valence electrons. The number of H-pyrrole nitrogens is 1. The topological polar surface area (TPSA) is 68.6 Å². The summed E-state index contributed by atoms with van der Waals surface area (Å²) >= 11 is 0. The average molecular weight is 359 g/mol. The molecule has 0 atom stereocenters. The molecule has 0 bridgehead atoms. The molecule has 0 aliphatic heterocycles. The highest BCUT2D eigenvalue weighted by molar-refractivity contribution is 5.92. The first-order chi connectivity index (χ1) is 12.5. The molecule has 2 heterocycles. The molecule has 4 aromatic rings. The molecule has 26 heavy (non-hydrogen) atoms. The van der Waals surface area contributed by atoms with Gasteiger partial charge in [-0.2, -0.15) is 5.10 Å². The van der Waals surface area contributed by atoms with Crippen LogP contribution in [0.4, 0.5) is 13.2 Å². The first-order valence-corrected chi connectivity index (χ1v) is 7.65. The lowest BCUT2D eigenvalue weighted by Crippen LogP contribution is -2.17. The number of alkyl halides is 3.